The van der Waals surface area contributed by atoms with Gasteiger partial charge in [-0.15, -0.1) is 45.9 Å². The lowest BCUT2D eigenvalue weighted by Gasteiger charge is -2.40. The molecule has 2 saturated carbocycles. The van der Waals surface area contributed by atoms with Crippen molar-refractivity contribution in [2.24, 2.45) is 29.1 Å². The molecule has 2 aliphatic carbocycles. The Morgan fingerprint density at radius 2 is 1.01 bits per heavy atom. The van der Waals surface area contributed by atoms with E-state index in [-0.39, 0.29) is 65.8 Å². The third-order valence-corrected chi connectivity index (χ3v) is 19.4. The zero-order chi connectivity index (χ0) is 58.0. The van der Waals surface area contributed by atoms with Crippen LogP contribution in [0.15, 0.2) is 60.7 Å². The molecule has 8 atom stereocenters. The molecular weight excluding hydrogens is 1180 g/mol. The number of rotatable bonds is 29. The number of ether oxygens (including phenoxy) is 2. The number of esters is 2. The van der Waals surface area contributed by atoms with Crippen LogP contribution in [0, 0.1) is 29.1 Å². The minimum absolute atomic E-state index is 0.0752. The SMILES string of the molecule is CC(=O)CC(CO)(CO)COC(=O)c1ccc(CCC[C@@H]2[C@@H](CCc3cc(Cl)cc(Cl)c3)[C@H](O)C[C@H]2Cl)s1.CCCN(C(C)=O)C(CO)(CO)COC(=O)c1ccc(CCC[C@@H]2[C@@H](CCc3cc(Cl)cc(Cl)c3)[C@H](O)C[C@H]2Cl)s1. The molecule has 0 radical (unpaired) electrons. The second-order valence-electron chi connectivity index (χ2n) is 21.3. The van der Waals surface area contributed by atoms with Crippen molar-refractivity contribution in [1.29, 1.82) is 0 Å². The van der Waals surface area contributed by atoms with Gasteiger partial charge >= 0.3 is 11.9 Å². The number of amides is 1. The molecule has 2 fully saturated rings. The lowest BCUT2D eigenvalue weighted by Crippen LogP contribution is -2.59. The largest absolute Gasteiger partial charge is 0.461 e. The number of aryl methyl sites for hydroxylation is 4. The van der Waals surface area contributed by atoms with Crippen molar-refractivity contribution in [2.45, 2.75) is 139 Å². The molecular formula is C58H75Cl6NO12S2. The number of halogens is 6. The van der Waals surface area contributed by atoms with Crippen molar-refractivity contribution in [3.63, 3.8) is 0 Å². The summed E-state index contributed by atoms with van der Waals surface area (Å²) in [6, 6.07) is 18.2. The topological polar surface area (TPSA) is 211 Å². The van der Waals surface area contributed by atoms with E-state index in [0.29, 0.717) is 55.7 Å². The average molecular weight is 1260 g/mol. The number of benzene rings is 2. The minimum Gasteiger partial charge on any atom is -0.461 e. The normalized spacial score (nSPS) is 21.2. The van der Waals surface area contributed by atoms with Crippen LogP contribution < -0.4 is 0 Å². The molecule has 0 spiro atoms. The Balaban J connectivity index is 0.000000291. The third kappa shape index (κ3) is 19.8. The maximum Gasteiger partial charge on any atom is 0.348 e. The van der Waals surface area contributed by atoms with Crippen molar-refractivity contribution < 1.29 is 59.3 Å². The van der Waals surface area contributed by atoms with Crippen LogP contribution in [-0.4, -0.2) is 134 Å². The minimum atomic E-state index is -1.38. The van der Waals surface area contributed by atoms with Crippen LogP contribution in [0.25, 0.3) is 0 Å². The van der Waals surface area contributed by atoms with Gasteiger partial charge in [-0.1, -0.05) is 53.3 Å². The number of nitrogens with zero attached hydrogens (tertiary/aromatic N) is 1. The molecule has 2 heterocycles. The zero-order valence-corrected chi connectivity index (χ0v) is 51.1. The maximum atomic E-state index is 12.8. The molecule has 2 aliphatic rings. The molecule has 0 bridgehead atoms. The van der Waals surface area contributed by atoms with Crippen LogP contribution in [0.2, 0.25) is 20.1 Å². The summed E-state index contributed by atoms with van der Waals surface area (Å²) in [5.41, 5.74) is -0.474. The predicted molar refractivity (Wildman–Crippen MR) is 316 cm³/mol. The van der Waals surface area contributed by atoms with Crippen molar-refractivity contribution in [3.8, 4) is 0 Å². The summed E-state index contributed by atoms with van der Waals surface area (Å²) < 4.78 is 10.8. The van der Waals surface area contributed by atoms with Crippen LogP contribution >= 0.6 is 92.3 Å². The number of aliphatic hydroxyl groups is 6. The van der Waals surface area contributed by atoms with E-state index in [4.69, 9.17) is 79.1 Å². The summed E-state index contributed by atoms with van der Waals surface area (Å²) >= 11 is 40.5. The van der Waals surface area contributed by atoms with Gasteiger partial charge in [-0.2, -0.15) is 0 Å². The average Bonchev–Trinajstić information content (AvgIpc) is 4.21. The summed E-state index contributed by atoms with van der Waals surface area (Å²) in [5.74, 6) is -1.06. The molecule has 0 aliphatic heterocycles. The number of carbonyl (C=O) groups excluding carboxylic acids is 4. The number of aliphatic hydroxyl groups excluding tert-OH is 6. The van der Waals surface area contributed by atoms with E-state index in [1.807, 2.05) is 43.3 Å². The molecule has 2 aromatic carbocycles. The van der Waals surface area contributed by atoms with Gasteiger partial charge in [0.05, 0.1) is 44.1 Å². The Morgan fingerprint density at radius 3 is 1.38 bits per heavy atom. The van der Waals surface area contributed by atoms with E-state index >= 15 is 0 Å². The van der Waals surface area contributed by atoms with Crippen LogP contribution in [0.1, 0.15) is 125 Å². The monoisotopic (exact) mass is 1250 g/mol. The molecule has 13 nitrogen and oxygen atoms in total. The van der Waals surface area contributed by atoms with E-state index in [9.17, 15) is 49.8 Å². The number of carbonyl (C=O) groups is 4. The molecule has 6 rings (SSSR count). The Labute approximate surface area is 502 Å². The second kappa shape index (κ2) is 32.5. The van der Waals surface area contributed by atoms with Gasteiger partial charge in [0.2, 0.25) is 5.91 Å². The second-order valence-corrected chi connectivity index (χ2v) is 26.5. The lowest BCUT2D eigenvalue weighted by atomic mass is 9.85. The lowest BCUT2D eigenvalue weighted by molar-refractivity contribution is -0.143. The van der Waals surface area contributed by atoms with E-state index in [1.165, 1.54) is 41.4 Å². The fourth-order valence-electron chi connectivity index (χ4n) is 11.1. The van der Waals surface area contributed by atoms with Crippen molar-refractivity contribution in [1.82, 2.24) is 4.90 Å². The molecule has 1 amide bonds. The van der Waals surface area contributed by atoms with Gasteiger partial charge in [-0.25, -0.2) is 9.59 Å². The van der Waals surface area contributed by atoms with Gasteiger partial charge in [0.15, 0.2) is 0 Å². The van der Waals surface area contributed by atoms with Gasteiger partial charge in [-0.05, 0) is 186 Å². The molecule has 79 heavy (non-hydrogen) atoms. The Morgan fingerprint density at radius 1 is 0.595 bits per heavy atom. The first-order valence-electron chi connectivity index (χ1n) is 26.9. The van der Waals surface area contributed by atoms with Gasteiger partial charge in [0, 0.05) is 60.5 Å². The van der Waals surface area contributed by atoms with E-state index in [2.05, 4.69) is 0 Å². The first-order valence-corrected chi connectivity index (χ1v) is 30.9. The Bertz CT molecular complexity index is 2550. The number of ketones is 1. The molecule has 6 N–H and O–H groups in total. The molecule has 21 heteroatoms. The Hall–Kier alpha value is -2.58. The van der Waals surface area contributed by atoms with Crippen LogP contribution in [0.5, 0.6) is 0 Å². The van der Waals surface area contributed by atoms with E-state index in [0.717, 1.165) is 85.1 Å². The Kier molecular flexibility index (Phi) is 27.6. The molecule has 0 unspecified atom stereocenters. The molecule has 438 valence electrons. The number of hydrogen-bond donors (Lipinski definition) is 6. The molecule has 4 aromatic rings. The van der Waals surface area contributed by atoms with E-state index in [1.54, 1.807) is 24.3 Å². The fourth-order valence-corrected chi connectivity index (χ4v) is 15.1. The highest BCUT2D eigenvalue weighted by atomic mass is 35.5. The quantitative estimate of drug-likeness (QED) is 0.0221. The molecule has 2 aromatic heterocycles. The number of alkyl halides is 2. The highest BCUT2D eigenvalue weighted by molar-refractivity contribution is 7.14. The number of hydrogen-bond acceptors (Lipinski definition) is 14. The van der Waals surface area contributed by atoms with Crippen molar-refractivity contribution >= 4 is 116 Å². The maximum absolute atomic E-state index is 12.8. The van der Waals surface area contributed by atoms with Crippen molar-refractivity contribution in [2.75, 3.05) is 46.2 Å². The standard InChI is InChI=1S/C30H40Cl3NO6S.C28H35Cl3O6S/c1-3-11-34(19(2)37)30(16-35,17-36)18-40-29(39)28-10-8-23(41-28)5-4-6-24-25(27(38)15-26(24)33)9-7-20-12-21(31)14-22(32)13-20;1-17(34)13-28(14-32,15-33)16-37-27(36)26-8-6-21(38-26)3-2-4-22-23(25(35)12-24(22)31)7-5-18-9-19(29)11-20(30)10-18/h8,10,12-14,24-27,35-36,38H,3-7,9,11,15-18H2,1-2H3;6,8-11,22-25,32-33,35H,2-5,7,12-16H2,1H3/t24-,25-,26-,27-;22-,23-,24-,25-/m11/s1. The van der Waals surface area contributed by atoms with Crippen molar-refractivity contribution in [3.05, 3.63) is 111 Å². The third-order valence-electron chi connectivity index (χ3n) is 15.2. The highest BCUT2D eigenvalue weighted by Crippen LogP contribution is 2.43. The number of thiophene rings is 2. The summed E-state index contributed by atoms with van der Waals surface area (Å²) in [6.45, 7) is 2.40. The molecule has 0 saturated heterocycles. The van der Waals surface area contributed by atoms with Gasteiger partial charge in [0.25, 0.3) is 0 Å². The number of Topliss-reactive ketones (excluding diaryl/α,β-unsaturated/α-hetero) is 1. The summed E-state index contributed by atoms with van der Waals surface area (Å²) in [7, 11) is 0. The fraction of sp³-hybridized carbons (Fsp3) is 0.586. The zero-order valence-electron chi connectivity index (χ0n) is 44.9. The summed E-state index contributed by atoms with van der Waals surface area (Å²) in [5, 5.41) is 62.8. The highest BCUT2D eigenvalue weighted by Gasteiger charge is 2.43. The van der Waals surface area contributed by atoms with Crippen LogP contribution in [0.3, 0.4) is 0 Å². The first kappa shape index (κ1) is 67.2. The van der Waals surface area contributed by atoms with E-state index < -0.39 is 61.5 Å². The summed E-state index contributed by atoms with van der Waals surface area (Å²) in [4.78, 5) is 53.2. The van der Waals surface area contributed by atoms with Gasteiger partial charge in [-0.3, -0.25) is 4.79 Å². The van der Waals surface area contributed by atoms with Crippen LogP contribution in [-0.2, 0) is 44.7 Å². The summed E-state index contributed by atoms with van der Waals surface area (Å²) in [6.07, 6.45) is 8.92. The van der Waals surface area contributed by atoms with Gasteiger partial charge < -0.3 is 49.8 Å². The van der Waals surface area contributed by atoms with Gasteiger partial charge in [0.1, 0.15) is 34.3 Å². The van der Waals surface area contributed by atoms with Crippen LogP contribution in [0.4, 0.5) is 0 Å². The first-order chi connectivity index (χ1) is 37.6. The predicted octanol–water partition coefficient (Wildman–Crippen LogP) is 11.5. The smallest absolute Gasteiger partial charge is 0.348 e.